The van der Waals surface area contributed by atoms with Crippen LogP contribution < -0.4 is 0 Å². The average Bonchev–Trinajstić information content (AvgIpc) is 2.84. The predicted octanol–water partition coefficient (Wildman–Crippen LogP) is 3.84. The monoisotopic (exact) mass is 238 g/mol. The van der Waals surface area contributed by atoms with Crippen molar-refractivity contribution in [2.24, 2.45) is 0 Å². The van der Waals surface area contributed by atoms with Gasteiger partial charge in [0.1, 0.15) is 0 Å². The molecule has 0 amide bonds. The Hall–Kier alpha value is -1.60. The molecule has 3 rings (SSSR count). The van der Waals surface area contributed by atoms with E-state index < -0.39 is 5.60 Å². The number of aliphatic hydroxyl groups is 1. The number of hydrogen-bond donors (Lipinski definition) is 1. The fourth-order valence-corrected chi connectivity index (χ4v) is 3.19. The summed E-state index contributed by atoms with van der Waals surface area (Å²) in [6.07, 6.45) is 3.01. The molecule has 1 heteroatoms. The van der Waals surface area contributed by atoms with Crippen LogP contribution in [0.5, 0.6) is 0 Å². The minimum absolute atomic E-state index is 0.223. The summed E-state index contributed by atoms with van der Waals surface area (Å²) in [5.74, 6) is 0.223. The van der Waals surface area contributed by atoms with Crippen LogP contribution in [-0.2, 0) is 5.60 Å². The summed E-state index contributed by atoms with van der Waals surface area (Å²) in [5.41, 5.74) is 1.61. The van der Waals surface area contributed by atoms with Crippen LogP contribution in [0.4, 0.5) is 0 Å². The molecule has 1 nitrogen and oxygen atoms in total. The Bertz CT molecular complexity index is 506. The lowest BCUT2D eigenvalue weighted by Gasteiger charge is -2.31. The maximum absolute atomic E-state index is 11.1. The second-order valence-electron chi connectivity index (χ2n) is 5.15. The maximum atomic E-state index is 11.1. The first-order chi connectivity index (χ1) is 8.81. The molecular formula is C17H18O. The fraction of sp³-hybridized carbons (Fsp3) is 0.294. The van der Waals surface area contributed by atoms with Crippen molar-refractivity contribution in [1.29, 1.82) is 0 Å². The second-order valence-corrected chi connectivity index (χ2v) is 5.15. The molecule has 18 heavy (non-hydrogen) atoms. The lowest BCUT2D eigenvalue weighted by molar-refractivity contribution is 0.0259. The largest absolute Gasteiger partial charge is 0.385 e. The Morgan fingerprint density at radius 1 is 0.889 bits per heavy atom. The first-order valence-corrected chi connectivity index (χ1v) is 6.63. The van der Waals surface area contributed by atoms with E-state index in [0.717, 1.165) is 24.8 Å². The summed E-state index contributed by atoms with van der Waals surface area (Å²) in [4.78, 5) is 0. The van der Waals surface area contributed by atoms with Crippen LogP contribution in [0, 0.1) is 0 Å². The van der Waals surface area contributed by atoms with E-state index in [1.165, 1.54) is 5.56 Å². The number of rotatable bonds is 2. The van der Waals surface area contributed by atoms with E-state index in [2.05, 4.69) is 24.3 Å². The Kier molecular flexibility index (Phi) is 2.92. The summed E-state index contributed by atoms with van der Waals surface area (Å²) < 4.78 is 0. The van der Waals surface area contributed by atoms with Gasteiger partial charge in [0, 0.05) is 5.92 Å². The van der Waals surface area contributed by atoms with Crippen molar-refractivity contribution in [3.05, 3.63) is 71.8 Å². The first kappa shape index (κ1) is 11.5. The third-order valence-corrected chi connectivity index (χ3v) is 4.10. The quantitative estimate of drug-likeness (QED) is 0.842. The van der Waals surface area contributed by atoms with Gasteiger partial charge in [-0.15, -0.1) is 0 Å². The lowest BCUT2D eigenvalue weighted by Crippen LogP contribution is -2.28. The Morgan fingerprint density at radius 2 is 1.50 bits per heavy atom. The van der Waals surface area contributed by atoms with Crippen LogP contribution in [-0.4, -0.2) is 5.11 Å². The maximum Gasteiger partial charge on any atom is 0.0964 e. The van der Waals surface area contributed by atoms with E-state index in [1.54, 1.807) is 0 Å². The van der Waals surface area contributed by atoms with E-state index in [0.29, 0.717) is 0 Å². The molecule has 1 aliphatic carbocycles. The molecule has 0 radical (unpaired) electrons. The Morgan fingerprint density at radius 3 is 2.17 bits per heavy atom. The van der Waals surface area contributed by atoms with Crippen molar-refractivity contribution in [2.75, 3.05) is 0 Å². The topological polar surface area (TPSA) is 20.2 Å². The van der Waals surface area contributed by atoms with Gasteiger partial charge in [0.15, 0.2) is 0 Å². The zero-order valence-corrected chi connectivity index (χ0v) is 10.4. The summed E-state index contributed by atoms with van der Waals surface area (Å²) in [6, 6.07) is 20.5. The molecule has 92 valence electrons. The molecule has 1 aliphatic rings. The molecule has 0 spiro atoms. The highest BCUT2D eigenvalue weighted by atomic mass is 16.3. The van der Waals surface area contributed by atoms with E-state index in [-0.39, 0.29) is 5.92 Å². The van der Waals surface area contributed by atoms with Gasteiger partial charge in [0.2, 0.25) is 0 Å². The van der Waals surface area contributed by atoms with E-state index in [4.69, 9.17) is 0 Å². The minimum Gasteiger partial charge on any atom is -0.385 e. The molecule has 2 atom stereocenters. The van der Waals surface area contributed by atoms with Crippen molar-refractivity contribution in [1.82, 2.24) is 0 Å². The average molecular weight is 238 g/mol. The van der Waals surface area contributed by atoms with Crippen LogP contribution in [0.3, 0.4) is 0 Å². The molecule has 0 aromatic heterocycles. The van der Waals surface area contributed by atoms with Crippen LogP contribution in [0.1, 0.15) is 36.3 Å². The van der Waals surface area contributed by atoms with Crippen molar-refractivity contribution in [3.63, 3.8) is 0 Å². The highest BCUT2D eigenvalue weighted by Gasteiger charge is 2.42. The Balaban J connectivity index is 2.01. The predicted molar refractivity (Wildman–Crippen MR) is 73.4 cm³/mol. The molecule has 0 aliphatic heterocycles. The van der Waals surface area contributed by atoms with Gasteiger partial charge in [-0.25, -0.2) is 0 Å². The molecule has 2 aromatic rings. The van der Waals surface area contributed by atoms with E-state index in [9.17, 15) is 5.11 Å². The summed E-state index contributed by atoms with van der Waals surface area (Å²) >= 11 is 0. The van der Waals surface area contributed by atoms with Gasteiger partial charge in [-0.1, -0.05) is 60.7 Å². The molecule has 0 heterocycles. The summed E-state index contributed by atoms with van der Waals surface area (Å²) in [7, 11) is 0. The molecule has 1 N–H and O–H groups in total. The van der Waals surface area contributed by atoms with Crippen LogP contribution >= 0.6 is 0 Å². The molecule has 0 saturated heterocycles. The second kappa shape index (κ2) is 4.58. The van der Waals surface area contributed by atoms with Gasteiger partial charge in [-0.2, -0.15) is 0 Å². The van der Waals surface area contributed by atoms with Crippen LogP contribution in [0.2, 0.25) is 0 Å². The van der Waals surface area contributed by atoms with Gasteiger partial charge in [-0.3, -0.25) is 0 Å². The standard InChI is InChI=1S/C17H18O/c18-17(15-10-5-2-6-11-15)13-7-12-16(17)14-8-3-1-4-9-14/h1-6,8-11,16,18H,7,12-13H2. The first-order valence-electron chi connectivity index (χ1n) is 6.63. The zero-order valence-electron chi connectivity index (χ0n) is 10.4. The highest BCUT2D eigenvalue weighted by molar-refractivity contribution is 5.32. The Labute approximate surface area is 108 Å². The van der Waals surface area contributed by atoms with Crippen molar-refractivity contribution in [3.8, 4) is 0 Å². The molecule has 2 aromatic carbocycles. The molecular weight excluding hydrogens is 220 g/mol. The zero-order chi connectivity index (χ0) is 12.4. The third-order valence-electron chi connectivity index (χ3n) is 4.10. The lowest BCUT2D eigenvalue weighted by atomic mass is 9.80. The van der Waals surface area contributed by atoms with Crippen molar-refractivity contribution < 1.29 is 5.11 Å². The van der Waals surface area contributed by atoms with Crippen molar-refractivity contribution in [2.45, 2.75) is 30.8 Å². The van der Waals surface area contributed by atoms with Gasteiger partial charge >= 0.3 is 0 Å². The minimum atomic E-state index is -0.692. The van der Waals surface area contributed by atoms with Crippen LogP contribution in [0.25, 0.3) is 0 Å². The van der Waals surface area contributed by atoms with Gasteiger partial charge < -0.3 is 5.11 Å². The van der Waals surface area contributed by atoms with E-state index in [1.807, 2.05) is 36.4 Å². The van der Waals surface area contributed by atoms with Gasteiger partial charge in [0.05, 0.1) is 5.60 Å². The van der Waals surface area contributed by atoms with Crippen LogP contribution in [0.15, 0.2) is 60.7 Å². The van der Waals surface area contributed by atoms with Gasteiger partial charge in [-0.05, 0) is 30.4 Å². The molecule has 2 unspecified atom stereocenters. The summed E-state index contributed by atoms with van der Waals surface area (Å²) in [6.45, 7) is 0. The smallest absolute Gasteiger partial charge is 0.0964 e. The third kappa shape index (κ3) is 1.85. The summed E-state index contributed by atoms with van der Waals surface area (Å²) in [5, 5.41) is 11.1. The number of benzene rings is 2. The highest BCUT2D eigenvalue weighted by Crippen LogP contribution is 2.49. The molecule has 1 saturated carbocycles. The fourth-order valence-electron chi connectivity index (χ4n) is 3.19. The van der Waals surface area contributed by atoms with Crippen molar-refractivity contribution >= 4 is 0 Å². The van der Waals surface area contributed by atoms with E-state index >= 15 is 0 Å². The molecule has 0 bridgehead atoms. The van der Waals surface area contributed by atoms with Gasteiger partial charge in [0.25, 0.3) is 0 Å². The number of hydrogen-bond acceptors (Lipinski definition) is 1. The normalized spacial score (nSPS) is 27.3. The SMILES string of the molecule is OC1(c2ccccc2)CCCC1c1ccccc1. The molecule has 1 fully saturated rings.